The molecule has 0 radical (unpaired) electrons. The number of likely N-dealkylation sites (N-methyl/N-ethyl adjacent to an activating group) is 1. The molecule has 1 aliphatic heterocycles. The highest BCUT2D eigenvalue weighted by Gasteiger charge is 2.35. The van der Waals surface area contributed by atoms with Gasteiger partial charge in [-0.3, -0.25) is 19.2 Å². The van der Waals surface area contributed by atoms with Crippen LogP contribution in [0.25, 0.3) is 0 Å². The number of ether oxygens (including phenoxy) is 1. The molecule has 2 amide bonds. The Morgan fingerprint density at radius 3 is 2.90 bits per heavy atom. The fourth-order valence-corrected chi connectivity index (χ4v) is 4.27. The predicted octanol–water partition coefficient (Wildman–Crippen LogP) is 1.61. The lowest BCUT2D eigenvalue weighted by Crippen LogP contribution is -2.34. The van der Waals surface area contributed by atoms with E-state index >= 15 is 0 Å². The van der Waals surface area contributed by atoms with Crippen LogP contribution < -0.4 is 5.32 Å². The lowest BCUT2D eigenvalue weighted by molar-refractivity contribution is -0.134. The first-order valence-corrected chi connectivity index (χ1v) is 11.1. The smallest absolute Gasteiger partial charge is 0.248 e. The monoisotopic (exact) mass is 432 g/mol. The molecule has 3 heterocycles. The van der Waals surface area contributed by atoms with E-state index in [1.54, 1.807) is 31.6 Å². The van der Waals surface area contributed by atoms with Crippen LogP contribution in [-0.4, -0.2) is 76.3 Å². The van der Waals surface area contributed by atoms with Crippen LogP contribution in [-0.2, 0) is 20.9 Å². The van der Waals surface area contributed by atoms with Gasteiger partial charge < -0.3 is 15.0 Å². The highest BCUT2D eigenvalue weighted by Crippen LogP contribution is 2.32. The maximum Gasteiger partial charge on any atom is 0.248 e. The van der Waals surface area contributed by atoms with Crippen LogP contribution in [0, 0.1) is 5.92 Å². The van der Waals surface area contributed by atoms with E-state index in [1.165, 1.54) is 4.90 Å². The van der Waals surface area contributed by atoms with E-state index < -0.39 is 0 Å². The van der Waals surface area contributed by atoms with E-state index in [4.69, 9.17) is 4.74 Å². The molecule has 9 nitrogen and oxygen atoms in total. The number of amides is 2. The molecule has 4 rings (SSSR count). The summed E-state index contributed by atoms with van der Waals surface area (Å²) in [6, 6.07) is 0.345. The van der Waals surface area contributed by atoms with E-state index in [2.05, 4.69) is 20.3 Å². The highest BCUT2D eigenvalue weighted by atomic mass is 32.1. The molecule has 0 unspecified atom stereocenters. The maximum atomic E-state index is 12.0. The molecule has 0 bridgehead atoms. The standard InChI is InChI=1S/C20H28N6O3S/c1-24(2)19(27)13-29-12-17-7-16(10-25(17)11-18-21-5-6-30-18)26-9-15(8-22-26)23-20(28)14-3-4-14/h5-6,8-9,14,16-17H,3-4,7,10-13H2,1-2H3,(H,23,28)/t16-,17-/m0/s1. The van der Waals surface area contributed by atoms with Crippen molar-refractivity contribution in [3.8, 4) is 0 Å². The summed E-state index contributed by atoms with van der Waals surface area (Å²) in [5.41, 5.74) is 0.745. The number of nitrogens with zero attached hydrogens (tertiary/aromatic N) is 5. The van der Waals surface area contributed by atoms with Gasteiger partial charge in [-0.05, 0) is 19.3 Å². The van der Waals surface area contributed by atoms with Crippen LogP contribution in [0.5, 0.6) is 0 Å². The van der Waals surface area contributed by atoms with Crippen molar-refractivity contribution < 1.29 is 14.3 Å². The third-order valence-electron chi connectivity index (χ3n) is 5.55. The Labute approximate surface area is 180 Å². The molecule has 2 aromatic rings. The molecule has 0 aromatic carbocycles. The SMILES string of the molecule is CN(C)C(=O)COC[C@@H]1C[C@H](n2cc(NC(=O)C3CC3)cn2)CN1Cc1nccs1. The number of likely N-dealkylation sites (tertiary alicyclic amines) is 1. The van der Waals surface area contributed by atoms with Crippen LogP contribution in [0.4, 0.5) is 5.69 Å². The number of aromatic nitrogens is 3. The molecule has 2 atom stereocenters. The number of rotatable bonds is 9. The van der Waals surface area contributed by atoms with Gasteiger partial charge in [0.2, 0.25) is 11.8 Å². The van der Waals surface area contributed by atoms with E-state index in [1.807, 2.05) is 22.5 Å². The van der Waals surface area contributed by atoms with Crippen molar-refractivity contribution in [3.05, 3.63) is 29.0 Å². The van der Waals surface area contributed by atoms with Gasteiger partial charge in [0.15, 0.2) is 0 Å². The van der Waals surface area contributed by atoms with Crippen molar-refractivity contribution >= 4 is 28.8 Å². The summed E-state index contributed by atoms with van der Waals surface area (Å²) in [7, 11) is 3.45. The quantitative estimate of drug-likeness (QED) is 0.647. The van der Waals surface area contributed by atoms with Gasteiger partial charge in [0.25, 0.3) is 0 Å². The second-order valence-electron chi connectivity index (χ2n) is 8.17. The molecule has 1 N–H and O–H groups in total. The fraction of sp³-hybridized carbons (Fsp3) is 0.600. The molecular weight excluding hydrogens is 404 g/mol. The molecule has 1 aliphatic carbocycles. The number of hydrogen-bond donors (Lipinski definition) is 1. The van der Waals surface area contributed by atoms with Gasteiger partial charge in [0, 0.05) is 50.4 Å². The van der Waals surface area contributed by atoms with Crippen LogP contribution in [0.3, 0.4) is 0 Å². The van der Waals surface area contributed by atoms with Gasteiger partial charge in [-0.1, -0.05) is 0 Å². The molecular formula is C20H28N6O3S. The summed E-state index contributed by atoms with van der Waals surface area (Å²) < 4.78 is 7.66. The lowest BCUT2D eigenvalue weighted by atomic mass is 10.2. The van der Waals surface area contributed by atoms with Crippen LogP contribution in [0.15, 0.2) is 24.0 Å². The molecule has 10 heteroatoms. The highest BCUT2D eigenvalue weighted by molar-refractivity contribution is 7.09. The summed E-state index contributed by atoms with van der Waals surface area (Å²) >= 11 is 1.64. The summed E-state index contributed by atoms with van der Waals surface area (Å²) in [4.78, 5) is 32.1. The minimum absolute atomic E-state index is 0.0425. The summed E-state index contributed by atoms with van der Waals surface area (Å²) in [6.07, 6.45) is 8.26. The number of hydrogen-bond acceptors (Lipinski definition) is 7. The molecule has 1 saturated carbocycles. The topological polar surface area (TPSA) is 92.6 Å². The normalized spacial score (nSPS) is 21.7. The Morgan fingerprint density at radius 1 is 1.37 bits per heavy atom. The zero-order valence-electron chi connectivity index (χ0n) is 17.4. The number of carbonyl (C=O) groups is 2. The second-order valence-corrected chi connectivity index (χ2v) is 9.15. The molecule has 30 heavy (non-hydrogen) atoms. The minimum Gasteiger partial charge on any atom is -0.370 e. The average molecular weight is 433 g/mol. The maximum absolute atomic E-state index is 12.0. The van der Waals surface area contributed by atoms with Crippen LogP contribution in [0.1, 0.15) is 30.3 Å². The lowest BCUT2D eigenvalue weighted by Gasteiger charge is -2.23. The third-order valence-corrected chi connectivity index (χ3v) is 6.32. The van der Waals surface area contributed by atoms with Crippen molar-refractivity contribution in [3.63, 3.8) is 0 Å². The Morgan fingerprint density at radius 2 is 2.20 bits per heavy atom. The van der Waals surface area contributed by atoms with E-state index in [0.717, 1.165) is 43.0 Å². The van der Waals surface area contributed by atoms with Crippen molar-refractivity contribution in [2.75, 3.05) is 39.2 Å². The number of nitrogens with one attached hydrogen (secondary N) is 1. The fourth-order valence-electron chi connectivity index (χ4n) is 3.62. The third kappa shape index (κ3) is 5.24. The van der Waals surface area contributed by atoms with Crippen LogP contribution in [0.2, 0.25) is 0 Å². The minimum atomic E-state index is -0.0425. The van der Waals surface area contributed by atoms with Crippen molar-refractivity contribution in [2.24, 2.45) is 5.92 Å². The zero-order chi connectivity index (χ0) is 21.1. The summed E-state index contributed by atoms with van der Waals surface area (Å²) in [5.74, 6) is 0.211. The first kappa shape index (κ1) is 21.0. The molecule has 2 aliphatic rings. The molecule has 2 fully saturated rings. The molecule has 1 saturated heterocycles. The van der Waals surface area contributed by atoms with Gasteiger partial charge >= 0.3 is 0 Å². The van der Waals surface area contributed by atoms with E-state index in [0.29, 0.717) is 6.61 Å². The summed E-state index contributed by atoms with van der Waals surface area (Å²) in [5, 5.41) is 10.5. The van der Waals surface area contributed by atoms with Crippen molar-refractivity contribution in [1.29, 1.82) is 0 Å². The van der Waals surface area contributed by atoms with Gasteiger partial charge in [-0.25, -0.2) is 4.98 Å². The van der Waals surface area contributed by atoms with Crippen LogP contribution >= 0.6 is 11.3 Å². The first-order valence-electron chi connectivity index (χ1n) is 10.2. The largest absolute Gasteiger partial charge is 0.370 e. The van der Waals surface area contributed by atoms with E-state index in [-0.39, 0.29) is 36.4 Å². The molecule has 0 spiro atoms. The van der Waals surface area contributed by atoms with Gasteiger partial charge in [-0.2, -0.15) is 5.10 Å². The number of carbonyl (C=O) groups excluding carboxylic acids is 2. The number of anilines is 1. The van der Waals surface area contributed by atoms with E-state index in [9.17, 15) is 9.59 Å². The zero-order valence-corrected chi connectivity index (χ0v) is 18.2. The molecule has 162 valence electrons. The second kappa shape index (κ2) is 9.23. The first-order chi connectivity index (χ1) is 14.5. The average Bonchev–Trinajstić information content (AvgIpc) is 3.09. The van der Waals surface area contributed by atoms with Gasteiger partial charge in [0.05, 0.1) is 31.1 Å². The van der Waals surface area contributed by atoms with Crippen molar-refractivity contribution in [2.45, 2.75) is 37.9 Å². The van der Waals surface area contributed by atoms with Gasteiger partial charge in [-0.15, -0.1) is 11.3 Å². The Bertz CT molecular complexity index is 864. The molecule has 2 aromatic heterocycles. The Hall–Kier alpha value is -2.30. The van der Waals surface area contributed by atoms with Crippen molar-refractivity contribution in [1.82, 2.24) is 24.6 Å². The summed E-state index contributed by atoms with van der Waals surface area (Å²) in [6.45, 7) is 2.12. The predicted molar refractivity (Wildman–Crippen MR) is 113 cm³/mol. The number of thiazole rings is 1. The Kier molecular flexibility index (Phi) is 6.45. The van der Waals surface area contributed by atoms with Gasteiger partial charge in [0.1, 0.15) is 11.6 Å². The Balaban J connectivity index is 1.38.